The van der Waals surface area contributed by atoms with Gasteiger partial charge in [-0.25, -0.2) is 4.79 Å². The Balaban J connectivity index is 1.71. The van der Waals surface area contributed by atoms with E-state index < -0.39 is 126 Å². The van der Waals surface area contributed by atoms with Gasteiger partial charge in [-0.2, -0.15) is 0 Å². The molecule has 0 aromatic rings. The second kappa shape index (κ2) is 27.9. The van der Waals surface area contributed by atoms with Gasteiger partial charge in [0.1, 0.15) is 41.7 Å². The monoisotopic (exact) mass is 1040 g/mol. The molecule has 17 nitrogen and oxygen atoms in total. The largest absolute Gasteiger partial charge is 0.460 e. The molecule has 2 saturated heterocycles. The Morgan fingerprint density at radius 1 is 0.878 bits per heavy atom. The smallest absolute Gasteiger partial charge is 0.329 e. The van der Waals surface area contributed by atoms with E-state index in [0.29, 0.717) is 63.4 Å². The summed E-state index contributed by atoms with van der Waals surface area (Å²) in [6, 6.07) is -1.20. The number of cyclic esters (lactones) is 1. The number of nitrogens with zero attached hydrogens (tertiary/aromatic N) is 1. The maximum atomic E-state index is 14.6. The van der Waals surface area contributed by atoms with Gasteiger partial charge >= 0.3 is 11.9 Å². The van der Waals surface area contributed by atoms with Crippen LogP contribution in [-0.2, 0) is 57.2 Å². The first kappa shape index (κ1) is 62.6. The van der Waals surface area contributed by atoms with Crippen LogP contribution in [0.1, 0.15) is 139 Å². The number of rotatable bonds is 10. The quantitative estimate of drug-likeness (QED) is 0.110. The molecule has 0 aromatic carbocycles. The zero-order chi connectivity index (χ0) is 55.3. The number of hydrogen-bond acceptors (Lipinski definition) is 16. The molecule has 0 radical (unpaired) electrons. The molecular weight excluding hydrogens is 955 g/mol. The molecular formula is C57H89NO16. The molecule has 2 bridgehead atoms. The van der Waals surface area contributed by atoms with Gasteiger partial charge in [-0.15, -0.1) is 0 Å². The number of hydrogen-bond donors (Lipinski definition) is 4. The van der Waals surface area contributed by atoms with Crippen molar-refractivity contribution in [1.29, 1.82) is 0 Å². The van der Waals surface area contributed by atoms with Crippen LogP contribution >= 0.6 is 0 Å². The van der Waals surface area contributed by atoms with Gasteiger partial charge in [0.05, 0.1) is 31.5 Å². The van der Waals surface area contributed by atoms with Gasteiger partial charge < -0.3 is 53.7 Å². The number of ketones is 3. The number of esters is 2. The molecule has 74 heavy (non-hydrogen) atoms. The van der Waals surface area contributed by atoms with E-state index in [1.54, 1.807) is 40.9 Å². The van der Waals surface area contributed by atoms with Crippen molar-refractivity contribution in [2.75, 3.05) is 41.1 Å². The number of aliphatic hydroxyl groups is 4. The highest BCUT2D eigenvalue weighted by molar-refractivity contribution is 6.39. The van der Waals surface area contributed by atoms with Gasteiger partial charge in [-0.05, 0) is 113 Å². The van der Waals surface area contributed by atoms with Crippen LogP contribution in [0.15, 0.2) is 47.6 Å². The average Bonchev–Trinajstić information content (AvgIpc) is 3.37. The van der Waals surface area contributed by atoms with Crippen LogP contribution in [0.3, 0.4) is 0 Å². The number of carbonyl (C=O) groups is 6. The number of piperidine rings is 1. The minimum absolute atomic E-state index is 0.0408. The van der Waals surface area contributed by atoms with E-state index in [2.05, 4.69) is 0 Å². The Morgan fingerprint density at radius 3 is 2.20 bits per heavy atom. The first-order valence-corrected chi connectivity index (χ1v) is 26.7. The van der Waals surface area contributed by atoms with Crippen molar-refractivity contribution in [1.82, 2.24) is 4.90 Å². The van der Waals surface area contributed by atoms with Crippen LogP contribution in [-0.4, -0.2) is 156 Å². The third-order valence-electron chi connectivity index (χ3n) is 16.1. The SMILES string of the molecule is CO[C@H]1CC2CC[C@@H](C)[C@@](O)(O2)C(=O)C(=O)N2CCCC[C@H]2C(=O)O[C@H]([C@H](C)C[C@@H]2CC[C@@H](OC(=O)C(C)(CO)CO)[C@H](OC)C2)CC(=O)[C@H](C)/C=C(\C)[C@@H](O)[C@@H](OC)C(=O)[C@H](C)CC(C)(C)/C=C/C=CC=C1C. The van der Waals surface area contributed by atoms with E-state index in [1.807, 2.05) is 58.1 Å². The molecule has 4 rings (SSSR count). The van der Waals surface area contributed by atoms with E-state index in [4.69, 9.17) is 28.4 Å². The van der Waals surface area contributed by atoms with Crippen LogP contribution in [0, 0.1) is 40.4 Å². The lowest BCUT2D eigenvalue weighted by Gasteiger charge is -2.42. The molecule has 1 aliphatic carbocycles. The zero-order valence-electron chi connectivity index (χ0n) is 46.2. The molecule has 3 fully saturated rings. The summed E-state index contributed by atoms with van der Waals surface area (Å²) in [7, 11) is 4.43. The van der Waals surface area contributed by atoms with Gasteiger partial charge in [0, 0.05) is 58.5 Å². The lowest BCUT2D eigenvalue weighted by molar-refractivity contribution is -0.265. The van der Waals surface area contributed by atoms with Crippen LogP contribution in [0.5, 0.6) is 0 Å². The second-order valence-corrected chi connectivity index (χ2v) is 22.8. The lowest BCUT2D eigenvalue weighted by atomic mass is 9.78. The van der Waals surface area contributed by atoms with Crippen molar-refractivity contribution in [3.05, 3.63) is 47.6 Å². The van der Waals surface area contributed by atoms with Crippen molar-refractivity contribution in [3.63, 3.8) is 0 Å². The van der Waals surface area contributed by atoms with Crippen molar-refractivity contribution >= 4 is 35.2 Å². The number of Topliss-reactive ketones (excluding diaryl/α,β-unsaturated/α-hetero) is 3. The minimum Gasteiger partial charge on any atom is -0.460 e. The van der Waals surface area contributed by atoms with E-state index in [-0.39, 0.29) is 43.3 Å². The molecule has 1 amide bonds. The third-order valence-corrected chi connectivity index (χ3v) is 16.1. The predicted octanol–water partition coefficient (Wildman–Crippen LogP) is 6.11. The normalized spacial score (nSPS) is 35.7. The van der Waals surface area contributed by atoms with E-state index >= 15 is 0 Å². The Kier molecular flexibility index (Phi) is 23.6. The third kappa shape index (κ3) is 16.1. The van der Waals surface area contributed by atoms with Crippen molar-refractivity contribution in [2.45, 2.75) is 194 Å². The minimum atomic E-state index is -2.47. The fraction of sp³-hybridized carbons (Fsp3) is 0.754. The second-order valence-electron chi connectivity index (χ2n) is 22.8. The van der Waals surface area contributed by atoms with Gasteiger partial charge in [0.25, 0.3) is 11.7 Å². The molecule has 0 spiro atoms. The first-order chi connectivity index (χ1) is 34.8. The van der Waals surface area contributed by atoms with Gasteiger partial charge in [-0.3, -0.25) is 24.0 Å². The number of methoxy groups -OCH3 is 3. The van der Waals surface area contributed by atoms with E-state index in [1.165, 1.54) is 21.1 Å². The highest BCUT2D eigenvalue weighted by Gasteiger charge is 2.53. The van der Waals surface area contributed by atoms with Gasteiger partial charge in [0.15, 0.2) is 5.78 Å². The Morgan fingerprint density at radius 2 is 1.57 bits per heavy atom. The molecule has 1 saturated carbocycles. The number of ether oxygens (including phenoxy) is 6. The summed E-state index contributed by atoms with van der Waals surface area (Å²) < 4.78 is 35.5. The van der Waals surface area contributed by atoms with Crippen LogP contribution in [0.2, 0.25) is 0 Å². The highest BCUT2D eigenvalue weighted by atomic mass is 16.6. The molecule has 3 aliphatic heterocycles. The van der Waals surface area contributed by atoms with Gasteiger partial charge in [-0.1, -0.05) is 78.0 Å². The van der Waals surface area contributed by atoms with Crippen LogP contribution < -0.4 is 0 Å². The summed E-state index contributed by atoms with van der Waals surface area (Å²) in [4.78, 5) is 85.6. The molecule has 14 atom stereocenters. The Bertz CT molecular complexity index is 2060. The van der Waals surface area contributed by atoms with E-state index in [0.717, 1.165) is 10.5 Å². The standard InChI is InChI=1S/C57H89NO16/c1-34-18-14-13-16-24-55(7,8)31-38(5)49(63)50(71-12)48(62)37(4)26-35(2)43(61)30-46(36(3)27-40-21-23-44(47(28-40)70-11)73-54(67)56(9,32-59)33-60)72-53(66)42-19-15-17-25-58(42)52(65)51(64)57(68)39(6)20-22-41(74-57)29-45(34)69-10/h13-14,16,18,24,26,35-36,38-42,44-48,50,59-60,62,68H,15,17,19-23,25,27-33H2,1-12H3/b14-13?,24-16+,34-18?,37-26+/t35-,36-,38-,39-,40+,41?,42+,44-,45+,46+,47-,48-,50-,57-/m1/s1. The van der Waals surface area contributed by atoms with Crippen molar-refractivity contribution in [2.24, 2.45) is 40.4 Å². The maximum Gasteiger partial charge on any atom is 0.329 e. The Hall–Kier alpha value is -3.94. The summed E-state index contributed by atoms with van der Waals surface area (Å²) in [6.07, 6.45) is 9.70. The zero-order valence-corrected chi connectivity index (χ0v) is 46.2. The highest BCUT2D eigenvalue weighted by Crippen LogP contribution is 2.39. The summed E-state index contributed by atoms with van der Waals surface area (Å²) in [6.45, 7) is 14.8. The Labute approximate surface area is 439 Å². The molecule has 0 aromatic heterocycles. The lowest BCUT2D eigenvalue weighted by Crippen LogP contribution is -2.61. The molecule has 3 heterocycles. The molecule has 4 N–H and O–H groups in total. The number of carbonyl (C=O) groups excluding carboxylic acids is 6. The molecule has 1 unspecified atom stereocenters. The fourth-order valence-corrected chi connectivity index (χ4v) is 11.0. The summed E-state index contributed by atoms with van der Waals surface area (Å²) in [5, 5.41) is 43.2. The van der Waals surface area contributed by atoms with Crippen molar-refractivity contribution < 1.29 is 77.6 Å². The van der Waals surface area contributed by atoms with E-state index in [9.17, 15) is 49.2 Å². The summed E-state index contributed by atoms with van der Waals surface area (Å²) in [5.41, 5.74) is -0.712. The summed E-state index contributed by atoms with van der Waals surface area (Å²) in [5.74, 6) is -9.42. The van der Waals surface area contributed by atoms with Crippen molar-refractivity contribution in [3.8, 4) is 0 Å². The van der Waals surface area contributed by atoms with Crippen LogP contribution in [0.4, 0.5) is 0 Å². The van der Waals surface area contributed by atoms with Crippen LogP contribution in [0.25, 0.3) is 0 Å². The molecule has 4 aliphatic rings. The number of aliphatic hydroxyl groups excluding tert-OH is 3. The molecule has 17 heteroatoms. The van der Waals surface area contributed by atoms with Gasteiger partial charge in [0.2, 0.25) is 5.79 Å². The predicted molar refractivity (Wildman–Crippen MR) is 276 cm³/mol. The average molecular weight is 1040 g/mol. The number of allylic oxidation sites excluding steroid dienone is 6. The molecule has 418 valence electrons. The maximum absolute atomic E-state index is 14.6. The summed E-state index contributed by atoms with van der Waals surface area (Å²) >= 11 is 0. The fourth-order valence-electron chi connectivity index (χ4n) is 11.0. The first-order valence-electron chi connectivity index (χ1n) is 26.7. The number of fused-ring (bicyclic) bond motifs is 3. The topological polar surface area (TPSA) is 242 Å². The number of amides is 1.